The summed E-state index contributed by atoms with van der Waals surface area (Å²) >= 11 is 0. The zero-order valence-electron chi connectivity index (χ0n) is 9.60. The van der Waals surface area contributed by atoms with Gasteiger partial charge in [0.2, 0.25) is 5.89 Å². The highest BCUT2D eigenvalue weighted by molar-refractivity contribution is 5.56. The number of benzene rings is 1. The first-order valence-electron chi connectivity index (χ1n) is 5.46. The predicted octanol–water partition coefficient (Wildman–Crippen LogP) is 2.92. The molecule has 0 unspecified atom stereocenters. The summed E-state index contributed by atoms with van der Waals surface area (Å²) in [5.74, 6) is 1.89. The van der Waals surface area contributed by atoms with Crippen LogP contribution in [0.25, 0.3) is 11.3 Å². The second kappa shape index (κ2) is 4.49. The fraction of sp³-hybridized carbons (Fsp3) is 0.308. The maximum absolute atomic E-state index is 5.48. The Morgan fingerprint density at radius 3 is 2.44 bits per heavy atom. The molecule has 0 aliphatic heterocycles. The van der Waals surface area contributed by atoms with Gasteiger partial charge in [-0.15, -0.1) is 0 Å². The Kier molecular flexibility index (Phi) is 3.06. The monoisotopic (exact) mass is 216 g/mol. The van der Waals surface area contributed by atoms with E-state index in [1.165, 1.54) is 5.56 Å². The minimum atomic E-state index is 0.337. The lowest BCUT2D eigenvalue weighted by atomic mass is 10.0. The maximum Gasteiger partial charge on any atom is 0.208 e. The van der Waals surface area contributed by atoms with Gasteiger partial charge >= 0.3 is 0 Å². The van der Waals surface area contributed by atoms with E-state index >= 15 is 0 Å². The molecule has 0 aliphatic rings. The topological polar surface area (TPSA) is 52.0 Å². The maximum atomic E-state index is 5.48. The van der Waals surface area contributed by atoms with Crippen molar-refractivity contribution in [1.29, 1.82) is 0 Å². The number of nitrogens with zero attached hydrogens (tertiary/aromatic N) is 1. The zero-order valence-corrected chi connectivity index (χ0v) is 9.60. The molecule has 84 valence electrons. The number of oxazole rings is 1. The fourth-order valence-corrected chi connectivity index (χ4v) is 1.57. The summed E-state index contributed by atoms with van der Waals surface area (Å²) in [5, 5.41) is 0. The summed E-state index contributed by atoms with van der Waals surface area (Å²) in [4.78, 5) is 4.08. The van der Waals surface area contributed by atoms with E-state index in [1.807, 2.05) is 0 Å². The summed E-state index contributed by atoms with van der Waals surface area (Å²) in [7, 11) is 0. The quantitative estimate of drug-likeness (QED) is 0.858. The highest BCUT2D eigenvalue weighted by atomic mass is 16.4. The third kappa shape index (κ3) is 2.14. The molecule has 0 bridgehead atoms. The third-order valence-corrected chi connectivity index (χ3v) is 2.59. The van der Waals surface area contributed by atoms with Gasteiger partial charge in [-0.2, -0.15) is 0 Å². The zero-order chi connectivity index (χ0) is 11.5. The van der Waals surface area contributed by atoms with E-state index in [1.54, 1.807) is 6.20 Å². The molecule has 0 aliphatic carbocycles. The van der Waals surface area contributed by atoms with Crippen molar-refractivity contribution in [2.45, 2.75) is 26.3 Å². The minimum absolute atomic E-state index is 0.337. The van der Waals surface area contributed by atoms with Crippen LogP contribution in [0.3, 0.4) is 0 Å². The van der Waals surface area contributed by atoms with Gasteiger partial charge in [0.15, 0.2) is 5.76 Å². The van der Waals surface area contributed by atoms with Crippen LogP contribution in [-0.2, 0) is 6.54 Å². The van der Waals surface area contributed by atoms with Gasteiger partial charge in [-0.1, -0.05) is 38.1 Å². The van der Waals surface area contributed by atoms with Crippen molar-refractivity contribution in [2.24, 2.45) is 5.73 Å². The third-order valence-electron chi connectivity index (χ3n) is 2.59. The largest absolute Gasteiger partial charge is 0.439 e. The molecule has 2 rings (SSSR count). The van der Waals surface area contributed by atoms with E-state index in [-0.39, 0.29) is 0 Å². The Labute approximate surface area is 95.3 Å². The Balaban J connectivity index is 2.27. The molecule has 1 aromatic carbocycles. The van der Waals surface area contributed by atoms with Crippen LogP contribution < -0.4 is 5.73 Å². The lowest BCUT2D eigenvalue weighted by molar-refractivity contribution is 0.509. The van der Waals surface area contributed by atoms with Crippen molar-refractivity contribution in [3.05, 3.63) is 41.9 Å². The fourth-order valence-electron chi connectivity index (χ4n) is 1.57. The minimum Gasteiger partial charge on any atom is -0.439 e. The normalized spacial score (nSPS) is 11.0. The highest BCUT2D eigenvalue weighted by Gasteiger charge is 2.05. The summed E-state index contributed by atoms with van der Waals surface area (Å²) in [6, 6.07) is 8.33. The standard InChI is InChI=1S/C13H16N2O/c1-9(2)10-3-5-11(6-4-10)12-8-15-13(7-14)16-12/h3-6,8-9H,7,14H2,1-2H3. The molecular formula is C13H16N2O. The van der Waals surface area contributed by atoms with Crippen LogP contribution in [0.2, 0.25) is 0 Å². The average Bonchev–Trinajstić information content (AvgIpc) is 2.77. The van der Waals surface area contributed by atoms with E-state index in [0.29, 0.717) is 18.4 Å². The Bertz CT molecular complexity index is 457. The molecule has 0 spiro atoms. The van der Waals surface area contributed by atoms with Gasteiger partial charge in [0.05, 0.1) is 12.7 Å². The van der Waals surface area contributed by atoms with Crippen molar-refractivity contribution >= 4 is 0 Å². The molecule has 0 saturated heterocycles. The molecule has 0 amide bonds. The number of nitrogens with two attached hydrogens (primary N) is 1. The molecule has 1 heterocycles. The molecule has 3 nitrogen and oxygen atoms in total. The molecule has 1 aromatic heterocycles. The molecule has 0 saturated carbocycles. The van der Waals surface area contributed by atoms with Crippen LogP contribution in [0.5, 0.6) is 0 Å². The van der Waals surface area contributed by atoms with Gasteiger partial charge in [-0.3, -0.25) is 0 Å². The summed E-state index contributed by atoms with van der Waals surface area (Å²) in [6.07, 6.45) is 1.71. The lowest BCUT2D eigenvalue weighted by Gasteiger charge is -2.05. The van der Waals surface area contributed by atoms with E-state index in [2.05, 4.69) is 43.1 Å². The van der Waals surface area contributed by atoms with Crippen LogP contribution in [0.15, 0.2) is 34.9 Å². The van der Waals surface area contributed by atoms with E-state index in [0.717, 1.165) is 11.3 Å². The van der Waals surface area contributed by atoms with E-state index < -0.39 is 0 Å². The van der Waals surface area contributed by atoms with Gasteiger partial charge in [-0.05, 0) is 11.5 Å². The van der Waals surface area contributed by atoms with Crippen molar-refractivity contribution < 1.29 is 4.42 Å². The van der Waals surface area contributed by atoms with Gasteiger partial charge in [0.1, 0.15) is 0 Å². The first-order chi connectivity index (χ1) is 7.70. The predicted molar refractivity (Wildman–Crippen MR) is 63.9 cm³/mol. The van der Waals surface area contributed by atoms with Crippen molar-refractivity contribution in [3.8, 4) is 11.3 Å². The lowest BCUT2D eigenvalue weighted by Crippen LogP contribution is -1.94. The van der Waals surface area contributed by atoms with Crippen molar-refractivity contribution in [2.75, 3.05) is 0 Å². The van der Waals surface area contributed by atoms with Crippen LogP contribution in [0, 0.1) is 0 Å². The van der Waals surface area contributed by atoms with Gasteiger partial charge < -0.3 is 10.2 Å². The number of hydrogen-bond donors (Lipinski definition) is 1. The van der Waals surface area contributed by atoms with E-state index in [9.17, 15) is 0 Å². The Morgan fingerprint density at radius 2 is 1.94 bits per heavy atom. The summed E-state index contributed by atoms with van der Waals surface area (Å²) < 4.78 is 5.48. The smallest absolute Gasteiger partial charge is 0.208 e. The second-order valence-corrected chi connectivity index (χ2v) is 4.10. The van der Waals surface area contributed by atoms with E-state index in [4.69, 9.17) is 10.2 Å². The first kappa shape index (κ1) is 10.9. The molecular weight excluding hydrogens is 200 g/mol. The first-order valence-corrected chi connectivity index (χ1v) is 5.46. The van der Waals surface area contributed by atoms with Crippen molar-refractivity contribution in [1.82, 2.24) is 4.98 Å². The number of hydrogen-bond acceptors (Lipinski definition) is 3. The van der Waals surface area contributed by atoms with Crippen LogP contribution in [0.4, 0.5) is 0 Å². The van der Waals surface area contributed by atoms with Crippen LogP contribution in [0.1, 0.15) is 31.2 Å². The molecule has 0 radical (unpaired) electrons. The van der Waals surface area contributed by atoms with Gasteiger partial charge in [0.25, 0.3) is 0 Å². The SMILES string of the molecule is CC(C)c1ccc(-c2cnc(CN)o2)cc1. The van der Waals surface area contributed by atoms with Crippen LogP contribution in [-0.4, -0.2) is 4.98 Å². The summed E-state index contributed by atoms with van der Waals surface area (Å²) in [5.41, 5.74) is 7.81. The average molecular weight is 216 g/mol. The number of rotatable bonds is 3. The Hall–Kier alpha value is -1.61. The molecule has 16 heavy (non-hydrogen) atoms. The summed E-state index contributed by atoms with van der Waals surface area (Å²) in [6.45, 7) is 4.69. The molecule has 3 heteroatoms. The van der Waals surface area contributed by atoms with Gasteiger partial charge in [-0.25, -0.2) is 4.98 Å². The number of aromatic nitrogens is 1. The van der Waals surface area contributed by atoms with Crippen molar-refractivity contribution in [3.63, 3.8) is 0 Å². The molecule has 0 atom stereocenters. The van der Waals surface area contributed by atoms with Crippen LogP contribution >= 0.6 is 0 Å². The molecule has 0 fully saturated rings. The highest BCUT2D eigenvalue weighted by Crippen LogP contribution is 2.23. The molecule has 2 aromatic rings. The molecule has 2 N–H and O–H groups in total. The second-order valence-electron chi connectivity index (χ2n) is 4.10. The van der Waals surface area contributed by atoms with Gasteiger partial charge in [0, 0.05) is 5.56 Å². The Morgan fingerprint density at radius 1 is 1.25 bits per heavy atom.